The van der Waals surface area contributed by atoms with Gasteiger partial charge in [-0.2, -0.15) is 0 Å². The van der Waals surface area contributed by atoms with Crippen LogP contribution in [0.4, 0.5) is 5.13 Å². The highest BCUT2D eigenvalue weighted by atomic mass is 35.5. The lowest BCUT2D eigenvalue weighted by Crippen LogP contribution is -2.27. The molecule has 0 unspecified atom stereocenters. The summed E-state index contributed by atoms with van der Waals surface area (Å²) in [4.78, 5) is 17.1. The van der Waals surface area contributed by atoms with E-state index in [4.69, 9.17) is 16.7 Å². The number of carboxylic acid groups (broad SMARTS) is 1. The van der Waals surface area contributed by atoms with Crippen LogP contribution in [0.1, 0.15) is 23.0 Å². The molecule has 0 radical (unpaired) electrons. The van der Waals surface area contributed by atoms with E-state index in [9.17, 15) is 4.79 Å². The molecule has 6 heteroatoms. The molecular weight excluding hydrogens is 248 g/mol. The highest BCUT2D eigenvalue weighted by Crippen LogP contribution is 2.30. The quantitative estimate of drug-likeness (QED) is 0.829. The van der Waals surface area contributed by atoms with E-state index in [-0.39, 0.29) is 10.0 Å². The molecule has 0 bridgehead atoms. The van der Waals surface area contributed by atoms with Crippen molar-refractivity contribution in [2.75, 3.05) is 18.0 Å². The highest BCUT2D eigenvalue weighted by molar-refractivity contribution is 7.18. The second kappa shape index (κ2) is 4.43. The second-order valence-corrected chi connectivity index (χ2v) is 5.00. The predicted molar refractivity (Wildman–Crippen MR) is 64.7 cm³/mol. The lowest BCUT2D eigenvalue weighted by atomic mass is 10.1. The van der Waals surface area contributed by atoms with Crippen molar-refractivity contribution in [1.82, 2.24) is 4.98 Å². The Bertz CT molecular complexity index is 456. The molecule has 0 aromatic carbocycles. The number of hydrogen-bond acceptors (Lipinski definition) is 4. The van der Waals surface area contributed by atoms with E-state index in [0.717, 1.165) is 30.8 Å². The fourth-order valence-corrected chi connectivity index (χ4v) is 2.66. The standard InChI is InChI=1S/C10H11ClN2O2S/c1-6-2-4-13(5-3-6)10-12-8(11)7(16-10)9(14)15/h2H,3-5H2,1H3,(H,14,15). The van der Waals surface area contributed by atoms with E-state index < -0.39 is 5.97 Å². The summed E-state index contributed by atoms with van der Waals surface area (Å²) in [6.07, 6.45) is 3.11. The number of halogens is 1. The minimum atomic E-state index is -1.02. The molecule has 2 heterocycles. The first-order valence-electron chi connectivity index (χ1n) is 4.88. The minimum absolute atomic E-state index is 0.0822. The van der Waals surface area contributed by atoms with Crippen molar-refractivity contribution >= 4 is 34.0 Å². The summed E-state index contributed by atoms with van der Waals surface area (Å²) < 4.78 is 0. The summed E-state index contributed by atoms with van der Waals surface area (Å²) in [5.41, 5.74) is 1.36. The molecule has 2 rings (SSSR count). The fourth-order valence-electron chi connectivity index (χ4n) is 1.50. The largest absolute Gasteiger partial charge is 0.477 e. The molecule has 1 aromatic heterocycles. The number of aromatic nitrogens is 1. The van der Waals surface area contributed by atoms with Crippen LogP contribution in [0.25, 0.3) is 0 Å². The van der Waals surface area contributed by atoms with Gasteiger partial charge in [-0.1, -0.05) is 34.6 Å². The molecule has 4 nitrogen and oxygen atoms in total. The van der Waals surface area contributed by atoms with Gasteiger partial charge >= 0.3 is 5.97 Å². The Kier molecular flexibility index (Phi) is 3.16. The highest BCUT2D eigenvalue weighted by Gasteiger charge is 2.20. The summed E-state index contributed by atoms with van der Waals surface area (Å²) >= 11 is 6.89. The molecule has 1 N–H and O–H groups in total. The van der Waals surface area contributed by atoms with Crippen molar-refractivity contribution in [3.63, 3.8) is 0 Å². The number of hydrogen-bond donors (Lipinski definition) is 1. The van der Waals surface area contributed by atoms with Crippen LogP contribution in [0.15, 0.2) is 11.6 Å². The van der Waals surface area contributed by atoms with E-state index >= 15 is 0 Å². The minimum Gasteiger partial charge on any atom is -0.477 e. The average molecular weight is 259 g/mol. The molecule has 1 aliphatic rings. The van der Waals surface area contributed by atoms with Crippen LogP contribution in [-0.4, -0.2) is 29.1 Å². The first-order valence-corrected chi connectivity index (χ1v) is 6.07. The van der Waals surface area contributed by atoms with Crippen LogP contribution in [-0.2, 0) is 0 Å². The Morgan fingerprint density at radius 2 is 2.44 bits per heavy atom. The zero-order valence-corrected chi connectivity index (χ0v) is 10.3. The summed E-state index contributed by atoms with van der Waals surface area (Å²) in [5.74, 6) is -1.02. The topological polar surface area (TPSA) is 53.4 Å². The second-order valence-electron chi connectivity index (χ2n) is 3.67. The SMILES string of the molecule is CC1=CCN(c2nc(Cl)c(C(=O)O)s2)CC1. The molecule has 0 atom stereocenters. The van der Waals surface area contributed by atoms with E-state index in [1.165, 1.54) is 5.57 Å². The number of thiazole rings is 1. The fraction of sp³-hybridized carbons (Fsp3) is 0.400. The Balaban J connectivity index is 2.22. The van der Waals surface area contributed by atoms with E-state index in [1.54, 1.807) is 0 Å². The third-order valence-corrected chi connectivity index (χ3v) is 3.97. The maximum Gasteiger partial charge on any atom is 0.349 e. The van der Waals surface area contributed by atoms with Crippen molar-refractivity contribution in [2.24, 2.45) is 0 Å². The van der Waals surface area contributed by atoms with Crippen LogP contribution >= 0.6 is 22.9 Å². The number of rotatable bonds is 2. The van der Waals surface area contributed by atoms with Crippen LogP contribution in [0.2, 0.25) is 5.15 Å². The third-order valence-electron chi connectivity index (χ3n) is 2.48. The number of anilines is 1. The van der Waals surface area contributed by atoms with E-state index in [1.807, 2.05) is 4.90 Å². The van der Waals surface area contributed by atoms with Gasteiger partial charge in [-0.15, -0.1) is 0 Å². The van der Waals surface area contributed by atoms with Gasteiger partial charge in [0.05, 0.1) is 0 Å². The van der Waals surface area contributed by atoms with Crippen molar-refractivity contribution in [3.05, 3.63) is 21.7 Å². The molecule has 0 fully saturated rings. The lowest BCUT2D eigenvalue weighted by molar-refractivity contribution is 0.0702. The van der Waals surface area contributed by atoms with Gasteiger partial charge in [-0.3, -0.25) is 0 Å². The van der Waals surface area contributed by atoms with Crippen molar-refractivity contribution in [3.8, 4) is 0 Å². The molecular formula is C10H11ClN2O2S. The molecule has 0 saturated heterocycles. The molecule has 86 valence electrons. The Labute approximate surface area is 102 Å². The van der Waals surface area contributed by atoms with Gasteiger partial charge in [0.15, 0.2) is 15.2 Å². The first-order chi connectivity index (χ1) is 7.58. The zero-order valence-electron chi connectivity index (χ0n) is 8.73. The molecule has 0 spiro atoms. The van der Waals surface area contributed by atoms with Crippen molar-refractivity contribution < 1.29 is 9.90 Å². The Hall–Kier alpha value is -1.07. The smallest absolute Gasteiger partial charge is 0.349 e. The Morgan fingerprint density at radius 1 is 1.69 bits per heavy atom. The number of nitrogens with zero attached hydrogens (tertiary/aromatic N) is 2. The lowest BCUT2D eigenvalue weighted by Gasteiger charge is -2.24. The van der Waals surface area contributed by atoms with Crippen molar-refractivity contribution in [2.45, 2.75) is 13.3 Å². The van der Waals surface area contributed by atoms with Gasteiger partial charge in [0.2, 0.25) is 0 Å². The van der Waals surface area contributed by atoms with Gasteiger partial charge in [-0.25, -0.2) is 9.78 Å². The summed E-state index contributed by atoms with van der Waals surface area (Å²) in [6.45, 7) is 3.73. The third kappa shape index (κ3) is 2.20. The molecule has 1 aliphatic heterocycles. The van der Waals surface area contributed by atoms with Gasteiger partial charge in [0.25, 0.3) is 0 Å². The number of carbonyl (C=O) groups is 1. The molecule has 0 saturated carbocycles. The number of aromatic carboxylic acids is 1. The van der Waals surface area contributed by atoms with Gasteiger partial charge in [0.1, 0.15) is 0 Å². The normalized spacial score (nSPS) is 16.1. The molecule has 0 amide bonds. The van der Waals surface area contributed by atoms with Gasteiger partial charge in [-0.05, 0) is 13.3 Å². The van der Waals surface area contributed by atoms with Gasteiger partial charge in [0, 0.05) is 13.1 Å². The van der Waals surface area contributed by atoms with Gasteiger partial charge < -0.3 is 10.0 Å². The van der Waals surface area contributed by atoms with Crippen LogP contribution in [0, 0.1) is 0 Å². The summed E-state index contributed by atoms with van der Waals surface area (Å²) in [5, 5.41) is 9.64. The molecule has 1 aromatic rings. The maximum absolute atomic E-state index is 10.8. The molecule has 16 heavy (non-hydrogen) atoms. The molecule has 0 aliphatic carbocycles. The predicted octanol–water partition coefficient (Wildman–Crippen LogP) is 2.65. The number of carboxylic acids is 1. The van der Waals surface area contributed by atoms with E-state index in [2.05, 4.69) is 18.0 Å². The maximum atomic E-state index is 10.8. The van der Waals surface area contributed by atoms with Crippen LogP contribution in [0.3, 0.4) is 0 Å². The summed E-state index contributed by atoms with van der Waals surface area (Å²) in [6, 6.07) is 0. The van der Waals surface area contributed by atoms with Crippen LogP contribution in [0.5, 0.6) is 0 Å². The summed E-state index contributed by atoms with van der Waals surface area (Å²) in [7, 11) is 0. The Morgan fingerprint density at radius 3 is 2.94 bits per heavy atom. The van der Waals surface area contributed by atoms with Crippen LogP contribution < -0.4 is 4.90 Å². The van der Waals surface area contributed by atoms with E-state index in [0.29, 0.717) is 5.13 Å². The van der Waals surface area contributed by atoms with Crippen molar-refractivity contribution in [1.29, 1.82) is 0 Å². The average Bonchev–Trinajstić information content (AvgIpc) is 2.61. The monoisotopic (exact) mass is 258 g/mol. The zero-order chi connectivity index (χ0) is 11.7. The first kappa shape index (κ1) is 11.4.